The van der Waals surface area contributed by atoms with Crippen LogP contribution in [0.2, 0.25) is 0 Å². The average molecular weight is 460 g/mol. The summed E-state index contributed by atoms with van der Waals surface area (Å²) < 4.78 is 0. The van der Waals surface area contributed by atoms with Crippen LogP contribution < -0.4 is 21.3 Å². The molecular weight excluding hydrogens is 426 g/mol. The molecule has 1 fully saturated rings. The van der Waals surface area contributed by atoms with E-state index in [4.69, 9.17) is 5.73 Å². The fraction of sp³-hybridized carbons (Fsp3) is 0.407. The summed E-state index contributed by atoms with van der Waals surface area (Å²) in [6.07, 6.45) is 5.62. The van der Waals surface area contributed by atoms with Gasteiger partial charge in [0.2, 0.25) is 11.8 Å². The van der Waals surface area contributed by atoms with Gasteiger partial charge in [-0.1, -0.05) is 35.9 Å². The number of nitrogens with one attached hydrogen (secondary N) is 2. The molecule has 178 valence electrons. The van der Waals surface area contributed by atoms with E-state index in [1.807, 2.05) is 23.1 Å². The second-order valence-electron chi connectivity index (χ2n) is 9.42. The number of amides is 2. The number of rotatable bonds is 5. The maximum absolute atomic E-state index is 13.5. The van der Waals surface area contributed by atoms with Crippen LogP contribution in [-0.2, 0) is 9.59 Å². The zero-order chi connectivity index (χ0) is 23.7. The Labute approximate surface area is 201 Å². The highest BCUT2D eigenvalue weighted by Crippen LogP contribution is 2.45. The van der Waals surface area contributed by atoms with Gasteiger partial charge < -0.3 is 26.2 Å². The molecule has 4 N–H and O–H groups in total. The molecule has 2 unspecified atom stereocenters. The molecule has 2 aromatic carbocycles. The number of allylic oxidation sites excluding steroid dienone is 1. The van der Waals surface area contributed by atoms with Crippen LogP contribution in [0.4, 0.5) is 17.1 Å². The third kappa shape index (κ3) is 4.28. The lowest BCUT2D eigenvalue weighted by atomic mass is 9.86. The monoisotopic (exact) mass is 459 g/mol. The van der Waals surface area contributed by atoms with Gasteiger partial charge in [-0.2, -0.15) is 0 Å². The number of aryl methyl sites for hydroxylation is 1. The number of fused-ring (bicyclic) bond motifs is 1. The van der Waals surface area contributed by atoms with E-state index in [0.29, 0.717) is 13.1 Å². The summed E-state index contributed by atoms with van der Waals surface area (Å²) in [5.41, 5.74) is 12.2. The van der Waals surface area contributed by atoms with Crippen LogP contribution in [0.5, 0.6) is 0 Å². The molecule has 2 aliphatic heterocycles. The third-order valence-corrected chi connectivity index (χ3v) is 7.32. The summed E-state index contributed by atoms with van der Waals surface area (Å²) in [4.78, 5) is 29.4. The summed E-state index contributed by atoms with van der Waals surface area (Å²) in [6, 6.07) is 14.0. The van der Waals surface area contributed by atoms with E-state index in [0.717, 1.165) is 49.4 Å². The van der Waals surface area contributed by atoms with Crippen molar-refractivity contribution in [1.29, 1.82) is 0 Å². The highest BCUT2D eigenvalue weighted by molar-refractivity contribution is 6.00. The van der Waals surface area contributed by atoms with Gasteiger partial charge in [0.1, 0.15) is 6.04 Å². The van der Waals surface area contributed by atoms with Crippen LogP contribution in [0.1, 0.15) is 36.3 Å². The van der Waals surface area contributed by atoms with Crippen molar-refractivity contribution in [2.24, 2.45) is 5.73 Å². The van der Waals surface area contributed by atoms with Gasteiger partial charge in [-0.05, 0) is 55.5 Å². The zero-order valence-electron chi connectivity index (χ0n) is 19.7. The molecule has 2 aromatic rings. The highest BCUT2D eigenvalue weighted by atomic mass is 16.2. The van der Waals surface area contributed by atoms with Gasteiger partial charge in [-0.3, -0.25) is 9.59 Å². The van der Waals surface area contributed by atoms with Crippen molar-refractivity contribution in [2.45, 2.75) is 38.1 Å². The average Bonchev–Trinajstić information content (AvgIpc) is 3.52. The van der Waals surface area contributed by atoms with Gasteiger partial charge in [0, 0.05) is 49.2 Å². The van der Waals surface area contributed by atoms with E-state index in [-0.39, 0.29) is 30.3 Å². The number of hydrogen-bond donors (Lipinski definition) is 3. The quantitative estimate of drug-likeness (QED) is 0.598. The smallest absolute Gasteiger partial charge is 0.247 e. The molecule has 0 aromatic heterocycles. The molecule has 1 saturated heterocycles. The molecule has 1 aliphatic carbocycles. The van der Waals surface area contributed by atoms with E-state index < -0.39 is 0 Å². The third-order valence-electron chi connectivity index (χ3n) is 7.32. The predicted octanol–water partition coefficient (Wildman–Crippen LogP) is 3.23. The van der Waals surface area contributed by atoms with Crippen LogP contribution in [0, 0.1) is 6.92 Å². The first-order valence-electron chi connectivity index (χ1n) is 12.2. The lowest BCUT2D eigenvalue weighted by Gasteiger charge is -2.36. The number of anilines is 3. The molecule has 0 radical (unpaired) electrons. The molecule has 34 heavy (non-hydrogen) atoms. The van der Waals surface area contributed by atoms with Gasteiger partial charge in [0.15, 0.2) is 0 Å². The number of benzene rings is 2. The van der Waals surface area contributed by atoms with Gasteiger partial charge >= 0.3 is 0 Å². The van der Waals surface area contributed by atoms with Gasteiger partial charge in [-0.15, -0.1) is 0 Å². The molecule has 5 rings (SSSR count). The first-order chi connectivity index (χ1) is 16.5. The maximum atomic E-state index is 13.5. The number of carbonyl (C=O) groups excluding carboxylic acids is 2. The second kappa shape index (κ2) is 9.50. The molecule has 0 bridgehead atoms. The lowest BCUT2D eigenvalue weighted by molar-refractivity contribution is -0.130. The number of nitrogens with two attached hydrogens (primary N) is 1. The maximum Gasteiger partial charge on any atom is 0.247 e. The predicted molar refractivity (Wildman–Crippen MR) is 136 cm³/mol. The van der Waals surface area contributed by atoms with Crippen molar-refractivity contribution in [1.82, 2.24) is 4.90 Å². The molecule has 2 heterocycles. The van der Waals surface area contributed by atoms with Crippen molar-refractivity contribution in [2.75, 3.05) is 48.3 Å². The Morgan fingerprint density at radius 2 is 1.91 bits per heavy atom. The van der Waals surface area contributed by atoms with E-state index >= 15 is 0 Å². The number of piperazine rings is 1. The Kier molecular flexibility index (Phi) is 6.28. The van der Waals surface area contributed by atoms with Gasteiger partial charge in [0.05, 0.1) is 6.54 Å². The Hall–Kier alpha value is -3.32. The van der Waals surface area contributed by atoms with Gasteiger partial charge in [-0.25, -0.2) is 0 Å². The summed E-state index contributed by atoms with van der Waals surface area (Å²) in [6.45, 7) is 4.96. The Bertz CT molecular complexity index is 1120. The molecule has 2 atom stereocenters. The summed E-state index contributed by atoms with van der Waals surface area (Å²) in [5.74, 6) is 0.0607. The largest absolute Gasteiger partial charge is 0.372 e. The molecule has 3 aliphatic rings. The topological polar surface area (TPSA) is 90.7 Å². The summed E-state index contributed by atoms with van der Waals surface area (Å²) in [7, 11) is 0. The normalized spacial score (nSPS) is 21.6. The minimum Gasteiger partial charge on any atom is -0.372 e. The van der Waals surface area contributed by atoms with Crippen LogP contribution in [0.25, 0.3) is 0 Å². The van der Waals surface area contributed by atoms with Crippen LogP contribution in [-0.4, -0.2) is 55.5 Å². The van der Waals surface area contributed by atoms with Crippen molar-refractivity contribution in [3.8, 4) is 0 Å². The number of carbonyl (C=O) groups is 2. The molecule has 7 heteroatoms. The second-order valence-corrected chi connectivity index (χ2v) is 9.42. The minimum atomic E-state index is -0.324. The first-order valence-corrected chi connectivity index (χ1v) is 12.2. The Morgan fingerprint density at radius 1 is 1.12 bits per heavy atom. The van der Waals surface area contributed by atoms with Crippen LogP contribution in [0.15, 0.2) is 54.1 Å². The highest BCUT2D eigenvalue weighted by Gasteiger charge is 2.40. The summed E-state index contributed by atoms with van der Waals surface area (Å²) >= 11 is 0. The molecule has 0 saturated carbocycles. The molecular formula is C27H33N5O2. The number of nitrogens with zero attached hydrogens (tertiary/aromatic N) is 2. The zero-order valence-corrected chi connectivity index (χ0v) is 19.7. The molecule has 7 nitrogen and oxygen atoms in total. The Balaban J connectivity index is 1.31. The van der Waals surface area contributed by atoms with E-state index in [2.05, 4.69) is 52.8 Å². The SMILES string of the molecule is Cc1cccc2c1NC(C(=O)Nc1cccc(N3CCN(C(=O)CN)CC3)c1)C2C1=CCCC1. The van der Waals surface area contributed by atoms with E-state index in [9.17, 15) is 9.59 Å². The molecule has 2 amide bonds. The fourth-order valence-electron chi connectivity index (χ4n) is 5.52. The standard InChI is InChI=1S/C27H33N5O2/c1-18-6-4-11-22-24(19-7-2-3-8-19)26(30-25(18)22)27(34)29-20-9-5-10-21(16-20)31-12-14-32(15-13-31)23(33)17-28/h4-7,9-11,16,24,26,30H,2-3,8,12-15,17,28H2,1H3,(H,29,34). The number of para-hydroxylation sites is 1. The minimum absolute atomic E-state index is 0.00658. The van der Waals surface area contributed by atoms with E-state index in [1.165, 1.54) is 16.7 Å². The van der Waals surface area contributed by atoms with Crippen molar-refractivity contribution in [3.05, 3.63) is 65.2 Å². The van der Waals surface area contributed by atoms with Crippen LogP contribution >= 0.6 is 0 Å². The van der Waals surface area contributed by atoms with Crippen molar-refractivity contribution < 1.29 is 9.59 Å². The molecule has 0 spiro atoms. The van der Waals surface area contributed by atoms with Gasteiger partial charge in [0.25, 0.3) is 0 Å². The summed E-state index contributed by atoms with van der Waals surface area (Å²) in [5, 5.41) is 6.71. The van der Waals surface area contributed by atoms with Crippen molar-refractivity contribution in [3.63, 3.8) is 0 Å². The van der Waals surface area contributed by atoms with E-state index in [1.54, 1.807) is 0 Å². The van der Waals surface area contributed by atoms with Crippen molar-refractivity contribution >= 4 is 28.9 Å². The Morgan fingerprint density at radius 3 is 2.65 bits per heavy atom. The lowest BCUT2D eigenvalue weighted by Crippen LogP contribution is -2.50. The first kappa shape index (κ1) is 22.5. The van der Waals surface area contributed by atoms with Crippen LogP contribution in [0.3, 0.4) is 0 Å². The fourth-order valence-corrected chi connectivity index (χ4v) is 5.52. The number of hydrogen-bond acceptors (Lipinski definition) is 5.